The van der Waals surface area contributed by atoms with Gasteiger partial charge in [0, 0.05) is 15.6 Å². The minimum Gasteiger partial charge on any atom is -0.454 e. The van der Waals surface area contributed by atoms with Gasteiger partial charge in [0.25, 0.3) is 0 Å². The molecule has 0 radical (unpaired) electrons. The van der Waals surface area contributed by atoms with Crippen molar-refractivity contribution in [3.63, 3.8) is 0 Å². The molecule has 0 saturated carbocycles. The van der Waals surface area contributed by atoms with Gasteiger partial charge >= 0.3 is 6.18 Å². The van der Waals surface area contributed by atoms with Gasteiger partial charge < -0.3 is 10.5 Å². The van der Waals surface area contributed by atoms with Gasteiger partial charge in [0.15, 0.2) is 5.75 Å². The van der Waals surface area contributed by atoms with Gasteiger partial charge in [-0.25, -0.2) is 0 Å². The Balaban J connectivity index is 2.47. The lowest BCUT2D eigenvalue weighted by Gasteiger charge is -2.15. The van der Waals surface area contributed by atoms with Gasteiger partial charge in [-0.2, -0.15) is 13.2 Å². The van der Waals surface area contributed by atoms with E-state index in [1.54, 1.807) is 0 Å². The van der Waals surface area contributed by atoms with Crippen LogP contribution in [0.1, 0.15) is 5.56 Å². The molecular formula is C13H8BrClF3NO. The van der Waals surface area contributed by atoms with Crippen molar-refractivity contribution in [2.75, 3.05) is 5.73 Å². The molecule has 20 heavy (non-hydrogen) atoms. The summed E-state index contributed by atoms with van der Waals surface area (Å²) in [5.74, 6) is -0.276. The van der Waals surface area contributed by atoms with E-state index in [0.717, 1.165) is 6.07 Å². The summed E-state index contributed by atoms with van der Waals surface area (Å²) >= 11 is 8.88. The van der Waals surface area contributed by atoms with Crippen LogP contribution in [0.2, 0.25) is 5.02 Å². The zero-order valence-electron chi connectivity index (χ0n) is 9.84. The minimum atomic E-state index is -4.52. The maximum Gasteiger partial charge on any atom is 0.419 e. The van der Waals surface area contributed by atoms with E-state index in [2.05, 4.69) is 15.9 Å². The predicted molar refractivity (Wildman–Crippen MR) is 75.1 cm³/mol. The molecule has 0 unspecified atom stereocenters. The second kappa shape index (κ2) is 5.54. The lowest BCUT2D eigenvalue weighted by atomic mass is 10.2. The molecule has 7 heteroatoms. The van der Waals surface area contributed by atoms with Crippen molar-refractivity contribution in [3.8, 4) is 11.5 Å². The van der Waals surface area contributed by atoms with Gasteiger partial charge in [-0.05, 0) is 30.3 Å². The first kappa shape index (κ1) is 15.0. The monoisotopic (exact) mass is 365 g/mol. The van der Waals surface area contributed by atoms with Crippen LogP contribution in [0.4, 0.5) is 18.9 Å². The molecule has 0 amide bonds. The molecular weight excluding hydrogens is 358 g/mol. The standard InChI is InChI=1S/C13H8BrClF3NO/c14-7-1-3-9(13(16,17)18)11(5-7)20-12-6-8(15)2-4-10(12)19/h1-6H,19H2. The second-order valence-electron chi connectivity index (χ2n) is 3.92. The Morgan fingerprint density at radius 1 is 1.05 bits per heavy atom. The first-order valence-electron chi connectivity index (χ1n) is 5.37. The molecule has 0 fully saturated rings. The summed E-state index contributed by atoms with van der Waals surface area (Å²) in [6.45, 7) is 0. The van der Waals surface area contributed by atoms with Crippen LogP contribution < -0.4 is 10.5 Å². The lowest BCUT2D eigenvalue weighted by Crippen LogP contribution is -2.07. The molecule has 0 aliphatic rings. The van der Waals surface area contributed by atoms with Crippen molar-refractivity contribution < 1.29 is 17.9 Å². The van der Waals surface area contributed by atoms with Crippen molar-refractivity contribution >= 4 is 33.2 Å². The minimum absolute atomic E-state index is 0.0705. The van der Waals surface area contributed by atoms with Gasteiger partial charge in [-0.3, -0.25) is 0 Å². The average molecular weight is 367 g/mol. The molecule has 2 rings (SSSR count). The zero-order valence-corrected chi connectivity index (χ0v) is 12.2. The molecule has 0 spiro atoms. The molecule has 2 N–H and O–H groups in total. The van der Waals surface area contributed by atoms with Crippen LogP contribution in [-0.4, -0.2) is 0 Å². The van der Waals surface area contributed by atoms with Gasteiger partial charge in [0.05, 0.1) is 11.3 Å². The van der Waals surface area contributed by atoms with Crippen LogP contribution in [0.5, 0.6) is 11.5 Å². The molecule has 0 aliphatic heterocycles. The van der Waals surface area contributed by atoms with E-state index in [1.807, 2.05) is 0 Å². The Morgan fingerprint density at radius 2 is 1.75 bits per heavy atom. The topological polar surface area (TPSA) is 35.2 Å². The highest BCUT2D eigenvalue weighted by atomic mass is 79.9. The van der Waals surface area contributed by atoms with Crippen LogP contribution in [0.25, 0.3) is 0 Å². The summed E-state index contributed by atoms with van der Waals surface area (Å²) in [7, 11) is 0. The van der Waals surface area contributed by atoms with Gasteiger partial charge in [0.1, 0.15) is 5.75 Å². The molecule has 0 heterocycles. The molecule has 2 aromatic rings. The van der Waals surface area contributed by atoms with Gasteiger partial charge in [-0.1, -0.05) is 27.5 Å². The summed E-state index contributed by atoms with van der Waals surface area (Å²) in [6, 6.07) is 7.79. The van der Waals surface area contributed by atoms with Crippen LogP contribution in [0, 0.1) is 0 Å². The number of hydrogen-bond acceptors (Lipinski definition) is 2. The van der Waals surface area contributed by atoms with Gasteiger partial charge in [-0.15, -0.1) is 0 Å². The molecule has 106 valence electrons. The van der Waals surface area contributed by atoms with Crippen LogP contribution in [0.15, 0.2) is 40.9 Å². The highest BCUT2D eigenvalue weighted by Crippen LogP contribution is 2.40. The third kappa shape index (κ3) is 3.37. The molecule has 0 bridgehead atoms. The maximum absolute atomic E-state index is 12.9. The first-order valence-corrected chi connectivity index (χ1v) is 6.54. The number of nitrogens with two attached hydrogens (primary N) is 1. The fourth-order valence-corrected chi connectivity index (χ4v) is 2.03. The Bertz CT molecular complexity index is 646. The number of nitrogen functional groups attached to an aromatic ring is 1. The van der Waals surface area contributed by atoms with E-state index in [1.165, 1.54) is 30.3 Å². The number of ether oxygens (including phenoxy) is 1. The van der Waals surface area contributed by atoms with Crippen molar-refractivity contribution in [2.45, 2.75) is 6.18 Å². The largest absolute Gasteiger partial charge is 0.454 e. The number of halogens is 5. The highest BCUT2D eigenvalue weighted by Gasteiger charge is 2.34. The molecule has 0 saturated heterocycles. The number of rotatable bonds is 2. The van der Waals surface area contributed by atoms with E-state index in [0.29, 0.717) is 9.50 Å². The summed E-state index contributed by atoms with van der Waals surface area (Å²) in [5, 5.41) is 0.317. The second-order valence-corrected chi connectivity index (χ2v) is 5.27. The lowest BCUT2D eigenvalue weighted by molar-refractivity contribution is -0.138. The third-order valence-electron chi connectivity index (χ3n) is 2.44. The Morgan fingerprint density at radius 3 is 2.40 bits per heavy atom. The zero-order chi connectivity index (χ0) is 14.9. The fraction of sp³-hybridized carbons (Fsp3) is 0.0769. The predicted octanol–water partition coefficient (Wildman–Crippen LogP) is 5.50. The van der Waals surface area contributed by atoms with E-state index in [4.69, 9.17) is 22.1 Å². The van der Waals surface area contributed by atoms with E-state index >= 15 is 0 Å². The molecule has 0 atom stereocenters. The molecule has 2 aromatic carbocycles. The van der Waals surface area contributed by atoms with Crippen LogP contribution >= 0.6 is 27.5 Å². The summed E-state index contributed by atoms with van der Waals surface area (Å²) in [4.78, 5) is 0. The van der Waals surface area contributed by atoms with E-state index in [-0.39, 0.29) is 17.2 Å². The number of alkyl halides is 3. The van der Waals surface area contributed by atoms with Gasteiger partial charge in [0.2, 0.25) is 0 Å². The number of hydrogen-bond donors (Lipinski definition) is 1. The summed E-state index contributed by atoms with van der Waals surface area (Å²) < 4.78 is 44.5. The molecule has 0 aromatic heterocycles. The molecule has 0 aliphatic carbocycles. The van der Waals surface area contributed by atoms with Crippen molar-refractivity contribution in [1.82, 2.24) is 0 Å². The first-order chi connectivity index (χ1) is 9.27. The van der Waals surface area contributed by atoms with Crippen molar-refractivity contribution in [1.29, 1.82) is 0 Å². The Labute approximate surface area is 126 Å². The smallest absolute Gasteiger partial charge is 0.419 e. The van der Waals surface area contributed by atoms with Crippen molar-refractivity contribution in [2.24, 2.45) is 0 Å². The third-order valence-corrected chi connectivity index (χ3v) is 3.17. The van der Waals surface area contributed by atoms with Crippen molar-refractivity contribution in [3.05, 3.63) is 51.5 Å². The average Bonchev–Trinajstić information content (AvgIpc) is 2.32. The summed E-state index contributed by atoms with van der Waals surface area (Å²) in [5.41, 5.74) is 4.97. The van der Waals surface area contributed by atoms with Crippen LogP contribution in [-0.2, 0) is 6.18 Å². The van der Waals surface area contributed by atoms with Crippen LogP contribution in [0.3, 0.4) is 0 Å². The maximum atomic E-state index is 12.9. The quantitative estimate of drug-likeness (QED) is 0.713. The molecule has 2 nitrogen and oxygen atoms in total. The SMILES string of the molecule is Nc1ccc(Cl)cc1Oc1cc(Br)ccc1C(F)(F)F. The van der Waals surface area contributed by atoms with E-state index < -0.39 is 11.7 Å². The Hall–Kier alpha value is -1.40. The number of anilines is 1. The summed E-state index contributed by atoms with van der Waals surface area (Å²) in [6.07, 6.45) is -4.52. The Kier molecular flexibility index (Phi) is 4.15. The number of benzene rings is 2. The fourth-order valence-electron chi connectivity index (χ4n) is 1.53. The highest BCUT2D eigenvalue weighted by molar-refractivity contribution is 9.10. The van der Waals surface area contributed by atoms with E-state index in [9.17, 15) is 13.2 Å². The normalized spacial score (nSPS) is 11.4.